The van der Waals surface area contributed by atoms with Gasteiger partial charge in [-0.3, -0.25) is 0 Å². The molecule has 0 aromatic heterocycles. The quantitative estimate of drug-likeness (QED) is 0.260. The first-order valence-electron chi connectivity index (χ1n) is 5.18. The first-order chi connectivity index (χ1) is 7.73. The van der Waals surface area contributed by atoms with Crippen LogP contribution in [0.1, 0.15) is 13.8 Å². The third-order valence-corrected chi connectivity index (χ3v) is 2.52. The smallest absolute Gasteiger partial charge is 0.283 e. The second-order valence-corrected chi connectivity index (χ2v) is 4.04. The van der Waals surface area contributed by atoms with Crippen molar-refractivity contribution in [2.24, 2.45) is 0 Å². The largest absolute Gasteiger partial charge is 0.440 e. The Morgan fingerprint density at radius 1 is 0.706 bits per heavy atom. The standard InChI is InChI=1S/C9H19BO7/c1-3(11)5(13)7(15)9(17-10)8(16)6(14)4(2)12/h3-9,11-16H,1-2H3/t3-,4?,5?,6?,7?,8?,9?/m0/s1. The topological polar surface area (TPSA) is 131 Å². The molecular formula is C9H19BO7. The lowest BCUT2D eigenvalue weighted by atomic mass is 9.94. The molecule has 2 radical (unpaired) electrons. The second-order valence-electron chi connectivity index (χ2n) is 4.04. The van der Waals surface area contributed by atoms with Crippen LogP contribution in [-0.4, -0.2) is 81.4 Å². The van der Waals surface area contributed by atoms with Gasteiger partial charge in [-0.25, -0.2) is 0 Å². The van der Waals surface area contributed by atoms with Gasteiger partial charge in [0, 0.05) is 0 Å². The van der Waals surface area contributed by atoms with Crippen LogP contribution in [-0.2, 0) is 4.65 Å². The highest BCUT2D eigenvalue weighted by molar-refractivity contribution is 5.98. The van der Waals surface area contributed by atoms with Crippen LogP contribution < -0.4 is 0 Å². The maximum atomic E-state index is 9.58. The molecule has 7 atom stereocenters. The Balaban J connectivity index is 4.71. The Bertz CT molecular complexity index is 194. The van der Waals surface area contributed by atoms with Crippen molar-refractivity contribution in [3.63, 3.8) is 0 Å². The fourth-order valence-corrected chi connectivity index (χ4v) is 1.32. The number of aliphatic hydroxyl groups is 6. The van der Waals surface area contributed by atoms with Crippen LogP contribution in [0.15, 0.2) is 0 Å². The van der Waals surface area contributed by atoms with Crippen molar-refractivity contribution in [3.8, 4) is 0 Å². The molecule has 0 heterocycles. The number of hydrogen-bond acceptors (Lipinski definition) is 7. The van der Waals surface area contributed by atoms with E-state index in [1.54, 1.807) is 0 Å². The van der Waals surface area contributed by atoms with Gasteiger partial charge in [-0.15, -0.1) is 0 Å². The van der Waals surface area contributed by atoms with Crippen LogP contribution >= 0.6 is 0 Å². The number of rotatable bonds is 7. The summed E-state index contributed by atoms with van der Waals surface area (Å²) in [4.78, 5) is 0. The highest BCUT2D eigenvalue weighted by Gasteiger charge is 2.38. The van der Waals surface area contributed by atoms with Gasteiger partial charge in [-0.1, -0.05) is 0 Å². The van der Waals surface area contributed by atoms with Gasteiger partial charge in [0.15, 0.2) is 0 Å². The molecule has 0 spiro atoms. The summed E-state index contributed by atoms with van der Waals surface area (Å²) < 4.78 is 4.27. The molecule has 0 saturated carbocycles. The fraction of sp³-hybridized carbons (Fsp3) is 1.00. The number of aliphatic hydroxyl groups excluding tert-OH is 6. The molecule has 6 N–H and O–H groups in total. The Labute approximate surface area is 101 Å². The molecule has 0 aromatic rings. The predicted molar refractivity (Wildman–Crippen MR) is 58.0 cm³/mol. The minimum atomic E-state index is -1.72. The van der Waals surface area contributed by atoms with Crippen molar-refractivity contribution in [3.05, 3.63) is 0 Å². The zero-order chi connectivity index (χ0) is 13.7. The van der Waals surface area contributed by atoms with Crippen molar-refractivity contribution >= 4 is 8.05 Å². The van der Waals surface area contributed by atoms with E-state index in [1.165, 1.54) is 13.8 Å². The molecule has 8 heteroatoms. The molecule has 17 heavy (non-hydrogen) atoms. The van der Waals surface area contributed by atoms with E-state index < -0.39 is 42.7 Å². The lowest BCUT2D eigenvalue weighted by molar-refractivity contribution is -0.154. The Hall–Kier alpha value is -0.215. The molecule has 0 aliphatic heterocycles. The second kappa shape index (κ2) is 7.27. The average Bonchev–Trinajstić information content (AvgIpc) is 2.26. The Kier molecular flexibility index (Phi) is 7.18. The third kappa shape index (κ3) is 4.51. The lowest BCUT2D eigenvalue weighted by Gasteiger charge is -2.33. The summed E-state index contributed by atoms with van der Waals surface area (Å²) in [5, 5.41) is 56.0. The van der Waals surface area contributed by atoms with Crippen molar-refractivity contribution in [2.45, 2.75) is 56.6 Å². The van der Waals surface area contributed by atoms with Crippen molar-refractivity contribution in [2.75, 3.05) is 0 Å². The summed E-state index contributed by atoms with van der Waals surface area (Å²) in [7, 11) is 4.85. The molecule has 100 valence electrons. The molecule has 0 rings (SSSR count). The van der Waals surface area contributed by atoms with Gasteiger partial charge in [-0.05, 0) is 13.8 Å². The van der Waals surface area contributed by atoms with E-state index in [1.807, 2.05) is 0 Å². The van der Waals surface area contributed by atoms with E-state index in [0.29, 0.717) is 0 Å². The lowest BCUT2D eigenvalue weighted by Crippen LogP contribution is -2.54. The molecule has 6 unspecified atom stereocenters. The first-order valence-corrected chi connectivity index (χ1v) is 5.18. The SMILES string of the molecule is [B]OC(C(O)C(O)C(C)O)C(O)C(O)[C@H](C)O. The van der Waals surface area contributed by atoms with Crippen molar-refractivity contribution < 1.29 is 35.3 Å². The minimum Gasteiger partial charge on any atom is -0.440 e. The van der Waals surface area contributed by atoms with Crippen LogP contribution in [0.3, 0.4) is 0 Å². The highest BCUT2D eigenvalue weighted by atomic mass is 16.5. The maximum absolute atomic E-state index is 9.58. The van der Waals surface area contributed by atoms with Crippen LogP contribution in [0.2, 0.25) is 0 Å². The molecule has 0 amide bonds. The zero-order valence-electron chi connectivity index (χ0n) is 9.71. The fourth-order valence-electron chi connectivity index (χ4n) is 1.32. The summed E-state index contributed by atoms with van der Waals surface area (Å²) >= 11 is 0. The summed E-state index contributed by atoms with van der Waals surface area (Å²) in [5.74, 6) is 0. The molecular weight excluding hydrogens is 231 g/mol. The number of hydrogen-bond donors (Lipinski definition) is 6. The van der Waals surface area contributed by atoms with Crippen LogP contribution in [0, 0.1) is 0 Å². The molecule has 0 aliphatic rings. The van der Waals surface area contributed by atoms with Crippen molar-refractivity contribution in [1.29, 1.82) is 0 Å². The van der Waals surface area contributed by atoms with Gasteiger partial charge in [0.05, 0.1) is 18.3 Å². The van der Waals surface area contributed by atoms with E-state index in [-0.39, 0.29) is 0 Å². The van der Waals surface area contributed by atoms with Gasteiger partial charge < -0.3 is 35.3 Å². The summed E-state index contributed by atoms with van der Waals surface area (Å²) in [6, 6.07) is 0. The van der Waals surface area contributed by atoms with E-state index in [4.69, 9.17) is 18.3 Å². The molecule has 0 aromatic carbocycles. The van der Waals surface area contributed by atoms with Crippen LogP contribution in [0.5, 0.6) is 0 Å². The summed E-state index contributed by atoms with van der Waals surface area (Å²) in [6.45, 7) is 2.44. The molecule has 0 saturated heterocycles. The van der Waals surface area contributed by atoms with E-state index in [2.05, 4.69) is 4.65 Å². The normalized spacial score (nSPS) is 24.5. The third-order valence-electron chi connectivity index (χ3n) is 2.52. The van der Waals surface area contributed by atoms with E-state index in [0.717, 1.165) is 0 Å². The van der Waals surface area contributed by atoms with E-state index in [9.17, 15) is 20.4 Å². The van der Waals surface area contributed by atoms with Gasteiger partial charge in [0.2, 0.25) is 0 Å². The van der Waals surface area contributed by atoms with Crippen LogP contribution in [0.4, 0.5) is 0 Å². The Morgan fingerprint density at radius 2 is 1.00 bits per heavy atom. The van der Waals surface area contributed by atoms with Crippen molar-refractivity contribution in [1.82, 2.24) is 0 Å². The summed E-state index contributed by atoms with van der Waals surface area (Å²) in [6.07, 6.45) is -10.8. The predicted octanol–water partition coefficient (Wildman–Crippen LogP) is -3.34. The van der Waals surface area contributed by atoms with Gasteiger partial charge >= 0.3 is 0 Å². The van der Waals surface area contributed by atoms with Crippen LogP contribution in [0.25, 0.3) is 0 Å². The van der Waals surface area contributed by atoms with Gasteiger partial charge in [-0.2, -0.15) is 0 Å². The molecule has 0 fully saturated rings. The van der Waals surface area contributed by atoms with Gasteiger partial charge in [0.25, 0.3) is 8.05 Å². The average molecular weight is 250 g/mol. The van der Waals surface area contributed by atoms with E-state index >= 15 is 0 Å². The Morgan fingerprint density at radius 3 is 1.18 bits per heavy atom. The zero-order valence-corrected chi connectivity index (χ0v) is 9.71. The van der Waals surface area contributed by atoms with Gasteiger partial charge in [0.1, 0.15) is 24.4 Å². The molecule has 0 aliphatic carbocycles. The molecule has 0 bridgehead atoms. The monoisotopic (exact) mass is 250 g/mol. The minimum absolute atomic E-state index is 1.22. The molecule has 7 nitrogen and oxygen atoms in total. The maximum Gasteiger partial charge on any atom is 0.283 e. The highest BCUT2D eigenvalue weighted by Crippen LogP contribution is 2.15. The summed E-state index contributed by atoms with van der Waals surface area (Å²) in [5.41, 5.74) is 0. The first kappa shape index (κ1) is 16.8.